The molecule has 0 saturated heterocycles. The summed E-state index contributed by atoms with van der Waals surface area (Å²) < 4.78 is 4.78. The predicted molar refractivity (Wildman–Crippen MR) is 69.7 cm³/mol. The van der Waals surface area contributed by atoms with E-state index < -0.39 is 10.8 Å². The second-order valence-corrected chi connectivity index (χ2v) is 4.89. The number of carbonyl (C=O) groups is 2. The molecule has 0 fully saturated rings. The molecule has 0 aliphatic rings. The van der Waals surface area contributed by atoms with Crippen molar-refractivity contribution < 1.29 is 14.3 Å². The minimum absolute atomic E-state index is 0.0231. The summed E-state index contributed by atoms with van der Waals surface area (Å²) in [6, 6.07) is 6.53. The molecule has 0 spiro atoms. The van der Waals surface area contributed by atoms with E-state index >= 15 is 0 Å². The summed E-state index contributed by atoms with van der Waals surface area (Å²) >= 11 is 8.91. The van der Waals surface area contributed by atoms with Crippen LogP contribution in [0.25, 0.3) is 0 Å². The Morgan fingerprint density at radius 1 is 1.35 bits per heavy atom. The van der Waals surface area contributed by atoms with Gasteiger partial charge in [-0.15, -0.1) is 0 Å². The molecule has 0 heterocycles. The number of hydrogen-bond acceptors (Lipinski definition) is 3. The van der Waals surface area contributed by atoms with Gasteiger partial charge in [0.1, 0.15) is 0 Å². The van der Waals surface area contributed by atoms with Gasteiger partial charge in [-0.2, -0.15) is 0 Å². The molecule has 0 saturated carbocycles. The quantitative estimate of drug-likeness (QED) is 0.475. The number of benzene rings is 1. The Morgan fingerprint density at radius 2 is 1.94 bits per heavy atom. The van der Waals surface area contributed by atoms with E-state index in [-0.39, 0.29) is 12.2 Å². The Kier molecular flexibility index (Phi) is 5.65. The molecule has 0 aromatic heterocycles. The number of rotatable bonds is 5. The molecule has 1 aromatic rings. The van der Waals surface area contributed by atoms with Crippen molar-refractivity contribution >= 4 is 39.3 Å². The molecular formula is C12H12BrClO3. The molecule has 0 radical (unpaired) electrons. The normalized spacial score (nSPS) is 11.9. The van der Waals surface area contributed by atoms with Gasteiger partial charge in [0.25, 0.3) is 0 Å². The van der Waals surface area contributed by atoms with Crippen LogP contribution in [-0.4, -0.2) is 23.2 Å². The highest BCUT2D eigenvalue weighted by molar-refractivity contribution is 9.10. The summed E-state index contributed by atoms with van der Waals surface area (Å²) in [5.41, 5.74) is 0.514. The lowest BCUT2D eigenvalue weighted by atomic mass is 10.1. The zero-order valence-corrected chi connectivity index (χ0v) is 11.6. The molecule has 0 amide bonds. The first-order valence-electron chi connectivity index (χ1n) is 5.14. The van der Waals surface area contributed by atoms with Crippen molar-refractivity contribution in [1.82, 2.24) is 0 Å². The zero-order chi connectivity index (χ0) is 12.8. The summed E-state index contributed by atoms with van der Waals surface area (Å²) in [5.74, 6) is -0.550. The van der Waals surface area contributed by atoms with Crippen molar-refractivity contribution in [1.29, 1.82) is 0 Å². The predicted octanol–water partition coefficient (Wildman–Crippen LogP) is 3.24. The summed E-state index contributed by atoms with van der Waals surface area (Å²) in [7, 11) is 0. The second kappa shape index (κ2) is 6.77. The van der Waals surface area contributed by atoms with Gasteiger partial charge in [-0.25, -0.2) is 0 Å². The molecule has 1 aromatic carbocycles. The van der Waals surface area contributed by atoms with Gasteiger partial charge in [-0.3, -0.25) is 9.59 Å². The van der Waals surface area contributed by atoms with Gasteiger partial charge >= 0.3 is 5.97 Å². The number of hydrogen-bond donors (Lipinski definition) is 0. The Hall–Kier alpha value is -0.870. The molecule has 17 heavy (non-hydrogen) atoms. The third-order valence-electron chi connectivity index (χ3n) is 2.06. The number of alkyl halides is 1. The van der Waals surface area contributed by atoms with Gasteiger partial charge in [0.15, 0.2) is 5.78 Å². The van der Waals surface area contributed by atoms with E-state index in [1.807, 2.05) is 0 Å². The van der Waals surface area contributed by atoms with Crippen LogP contribution in [0.3, 0.4) is 0 Å². The van der Waals surface area contributed by atoms with Gasteiger partial charge in [-0.1, -0.05) is 27.5 Å². The average Bonchev–Trinajstić information content (AvgIpc) is 2.29. The molecule has 0 N–H and O–H groups in total. The molecule has 92 valence electrons. The van der Waals surface area contributed by atoms with Crippen molar-refractivity contribution in [3.8, 4) is 0 Å². The minimum Gasteiger partial charge on any atom is -0.466 e. The largest absolute Gasteiger partial charge is 0.466 e. The van der Waals surface area contributed by atoms with E-state index in [4.69, 9.17) is 16.3 Å². The lowest BCUT2D eigenvalue weighted by Crippen LogP contribution is -2.19. The lowest BCUT2D eigenvalue weighted by molar-refractivity contribution is -0.142. The van der Waals surface area contributed by atoms with Gasteiger partial charge in [0.05, 0.1) is 17.9 Å². The standard InChI is InChI=1S/C12H12BrClO3/c1-2-17-11(15)7-10(13)12(16)8-3-5-9(14)6-4-8/h3-6,10H,2,7H2,1H3. The molecule has 0 aliphatic heterocycles. The fourth-order valence-corrected chi connectivity index (χ4v) is 1.91. The summed E-state index contributed by atoms with van der Waals surface area (Å²) in [6.07, 6.45) is 0.0231. The number of Topliss-reactive ketones (excluding diaryl/α,β-unsaturated/α-hetero) is 1. The highest BCUT2D eigenvalue weighted by Gasteiger charge is 2.20. The van der Waals surface area contributed by atoms with Crippen LogP contribution >= 0.6 is 27.5 Å². The average molecular weight is 320 g/mol. The molecule has 5 heteroatoms. The first kappa shape index (κ1) is 14.2. The van der Waals surface area contributed by atoms with Crippen molar-refractivity contribution in [3.63, 3.8) is 0 Å². The fourth-order valence-electron chi connectivity index (χ4n) is 1.25. The molecule has 1 unspecified atom stereocenters. The van der Waals surface area contributed by atoms with Crippen molar-refractivity contribution in [3.05, 3.63) is 34.9 Å². The molecule has 0 bridgehead atoms. The molecule has 3 nitrogen and oxygen atoms in total. The summed E-state index contributed by atoms with van der Waals surface area (Å²) in [5, 5.41) is 0.568. The topological polar surface area (TPSA) is 43.4 Å². The summed E-state index contributed by atoms with van der Waals surface area (Å²) in [4.78, 5) is 22.5. The van der Waals surface area contributed by atoms with Crippen LogP contribution in [0.15, 0.2) is 24.3 Å². The Labute approximate surface area is 113 Å². The van der Waals surface area contributed by atoms with Crippen molar-refractivity contribution in [2.75, 3.05) is 6.61 Å². The minimum atomic E-state index is -0.567. The first-order valence-corrected chi connectivity index (χ1v) is 6.43. The van der Waals surface area contributed by atoms with Crippen LogP contribution in [0, 0.1) is 0 Å². The Morgan fingerprint density at radius 3 is 2.47 bits per heavy atom. The lowest BCUT2D eigenvalue weighted by Gasteiger charge is -2.08. The van der Waals surface area contributed by atoms with Crippen molar-refractivity contribution in [2.24, 2.45) is 0 Å². The third-order valence-corrected chi connectivity index (χ3v) is 3.06. The number of esters is 1. The van der Waals surface area contributed by atoms with E-state index in [0.717, 1.165) is 0 Å². The zero-order valence-electron chi connectivity index (χ0n) is 9.28. The maximum atomic E-state index is 11.9. The van der Waals surface area contributed by atoms with E-state index in [2.05, 4.69) is 15.9 Å². The van der Waals surface area contributed by atoms with E-state index in [9.17, 15) is 9.59 Å². The number of carbonyl (C=O) groups excluding carboxylic acids is 2. The SMILES string of the molecule is CCOC(=O)CC(Br)C(=O)c1ccc(Cl)cc1. The Bertz CT molecular complexity index is 403. The smallest absolute Gasteiger partial charge is 0.307 e. The van der Waals surface area contributed by atoms with Crippen molar-refractivity contribution in [2.45, 2.75) is 18.2 Å². The van der Waals surface area contributed by atoms with Gasteiger partial charge in [0, 0.05) is 10.6 Å². The number of ketones is 1. The third kappa shape index (κ3) is 4.48. The maximum absolute atomic E-state index is 11.9. The van der Waals surface area contributed by atoms with Crippen LogP contribution < -0.4 is 0 Å². The highest BCUT2D eigenvalue weighted by atomic mass is 79.9. The van der Waals surface area contributed by atoms with Crippen LogP contribution in [0.4, 0.5) is 0 Å². The number of ether oxygens (including phenoxy) is 1. The molecule has 1 rings (SSSR count). The Balaban J connectivity index is 2.63. The van der Waals surface area contributed by atoms with E-state index in [1.54, 1.807) is 31.2 Å². The second-order valence-electron chi connectivity index (χ2n) is 3.35. The molecule has 0 aliphatic carbocycles. The van der Waals surface area contributed by atoms with Crippen LogP contribution in [0.1, 0.15) is 23.7 Å². The van der Waals surface area contributed by atoms with Gasteiger partial charge in [-0.05, 0) is 31.2 Å². The van der Waals surface area contributed by atoms with Gasteiger partial charge in [0.2, 0.25) is 0 Å². The van der Waals surface area contributed by atoms with Crippen LogP contribution in [0.5, 0.6) is 0 Å². The highest BCUT2D eigenvalue weighted by Crippen LogP contribution is 2.16. The first-order chi connectivity index (χ1) is 8.04. The monoisotopic (exact) mass is 318 g/mol. The summed E-state index contributed by atoms with van der Waals surface area (Å²) in [6.45, 7) is 2.04. The number of halogens is 2. The van der Waals surface area contributed by atoms with E-state index in [1.165, 1.54) is 0 Å². The van der Waals surface area contributed by atoms with Gasteiger partial charge < -0.3 is 4.74 Å². The molecule has 1 atom stereocenters. The van der Waals surface area contributed by atoms with Crippen LogP contribution in [0.2, 0.25) is 5.02 Å². The maximum Gasteiger partial charge on any atom is 0.307 e. The molecular weight excluding hydrogens is 307 g/mol. The fraction of sp³-hybridized carbons (Fsp3) is 0.333. The van der Waals surface area contributed by atoms with E-state index in [0.29, 0.717) is 17.2 Å². The van der Waals surface area contributed by atoms with Crippen LogP contribution in [-0.2, 0) is 9.53 Å².